The Morgan fingerprint density at radius 2 is 1.86 bits per heavy atom. The van der Waals surface area contributed by atoms with Gasteiger partial charge in [-0.25, -0.2) is 14.4 Å². The number of halogens is 1. The number of amides is 2. The van der Waals surface area contributed by atoms with Crippen molar-refractivity contribution in [2.24, 2.45) is 5.73 Å². The molecule has 0 aliphatic carbocycles. The minimum Gasteiger partial charge on any atom is -0.378 e. The molecule has 0 saturated carbocycles. The third-order valence-electron chi connectivity index (χ3n) is 6.23. The van der Waals surface area contributed by atoms with Gasteiger partial charge in [0.15, 0.2) is 5.82 Å². The molecule has 0 spiro atoms. The number of nitrogens with zero attached hydrogens (tertiary/aromatic N) is 5. The van der Waals surface area contributed by atoms with E-state index in [9.17, 15) is 14.4 Å². The fourth-order valence-corrected chi connectivity index (χ4v) is 4.46. The second kappa shape index (κ2) is 12.0. The van der Waals surface area contributed by atoms with E-state index in [1.54, 1.807) is 35.4 Å². The third-order valence-corrected chi connectivity index (χ3v) is 6.62. The molecule has 1 aromatic carbocycles. The molecule has 0 bridgehead atoms. The van der Waals surface area contributed by atoms with Crippen LogP contribution in [0.1, 0.15) is 36.5 Å². The first-order valence-corrected chi connectivity index (χ1v) is 12.5. The molecule has 10 nitrogen and oxygen atoms in total. The van der Waals surface area contributed by atoms with Crippen LogP contribution in [0.5, 0.6) is 0 Å². The van der Waals surface area contributed by atoms with E-state index in [1.165, 1.54) is 0 Å². The largest absolute Gasteiger partial charge is 0.378 e. The Bertz CT molecular complexity index is 1260. The zero-order valence-electron chi connectivity index (χ0n) is 20.5. The Kier molecular flexibility index (Phi) is 8.52. The number of ether oxygens (including phenoxy) is 1. The number of anilines is 1. The maximum Gasteiger partial charge on any atom is 0.287 e. The minimum absolute atomic E-state index is 0.155. The SMILES string of the molecule is CCCCC(C(=O)C(N)=O)N(Cl)C(=O)c1cccnc1-n1cnc(-c2ccc(N3CCOCC3)cc2)c1. The molecule has 4 rings (SSSR count). The number of primary amides is 1. The Morgan fingerprint density at radius 3 is 2.54 bits per heavy atom. The van der Waals surface area contributed by atoms with E-state index >= 15 is 0 Å². The summed E-state index contributed by atoms with van der Waals surface area (Å²) in [5.74, 6) is -2.41. The fourth-order valence-electron chi connectivity index (χ4n) is 4.19. The Hall–Kier alpha value is -3.76. The lowest BCUT2D eigenvalue weighted by atomic mass is 10.0. The van der Waals surface area contributed by atoms with Gasteiger partial charge in [-0.3, -0.25) is 19.0 Å². The number of unbranched alkanes of at least 4 members (excludes halogenated alkanes) is 1. The van der Waals surface area contributed by atoms with Crippen molar-refractivity contribution in [3.8, 4) is 17.1 Å². The first-order valence-electron chi connectivity index (χ1n) is 12.2. The van der Waals surface area contributed by atoms with Gasteiger partial charge in [-0.05, 0) is 30.7 Å². The van der Waals surface area contributed by atoms with E-state index < -0.39 is 23.6 Å². The van der Waals surface area contributed by atoms with E-state index in [2.05, 4.69) is 14.9 Å². The summed E-state index contributed by atoms with van der Waals surface area (Å²) in [5, 5.41) is 0. The van der Waals surface area contributed by atoms with E-state index in [4.69, 9.17) is 22.2 Å². The number of hydrogen-bond donors (Lipinski definition) is 1. The summed E-state index contributed by atoms with van der Waals surface area (Å²) in [5.41, 5.74) is 8.08. The number of hydrogen-bond acceptors (Lipinski definition) is 7. The van der Waals surface area contributed by atoms with Crippen molar-refractivity contribution in [3.63, 3.8) is 0 Å². The predicted molar refractivity (Wildman–Crippen MR) is 139 cm³/mol. The van der Waals surface area contributed by atoms with Crippen molar-refractivity contribution in [2.75, 3.05) is 31.2 Å². The number of imidazole rings is 1. The molecule has 1 aliphatic heterocycles. The van der Waals surface area contributed by atoms with Crippen LogP contribution in [0.2, 0.25) is 0 Å². The molecule has 1 fully saturated rings. The lowest BCUT2D eigenvalue weighted by Gasteiger charge is -2.28. The molecule has 0 radical (unpaired) electrons. The topological polar surface area (TPSA) is 124 Å². The van der Waals surface area contributed by atoms with Gasteiger partial charge in [-0.15, -0.1) is 0 Å². The lowest BCUT2D eigenvalue weighted by Crippen LogP contribution is -2.44. The van der Waals surface area contributed by atoms with Gasteiger partial charge in [0.05, 0.1) is 24.5 Å². The van der Waals surface area contributed by atoms with Crippen molar-refractivity contribution in [1.29, 1.82) is 0 Å². The van der Waals surface area contributed by atoms with Gasteiger partial charge in [0, 0.05) is 48.5 Å². The number of morpholine rings is 1. The Morgan fingerprint density at radius 1 is 1.14 bits per heavy atom. The summed E-state index contributed by atoms with van der Waals surface area (Å²) in [4.78, 5) is 48.4. The monoisotopic (exact) mass is 524 g/mol. The van der Waals surface area contributed by atoms with E-state index in [0.717, 1.165) is 35.2 Å². The zero-order valence-corrected chi connectivity index (χ0v) is 21.3. The smallest absolute Gasteiger partial charge is 0.287 e. The number of carbonyl (C=O) groups is 3. The molecular weight excluding hydrogens is 496 g/mol. The number of rotatable bonds is 10. The molecule has 1 aliphatic rings. The van der Waals surface area contributed by atoms with Crippen LogP contribution >= 0.6 is 11.8 Å². The maximum absolute atomic E-state index is 13.3. The number of benzene rings is 1. The minimum atomic E-state index is -1.16. The predicted octanol–water partition coefficient (Wildman–Crippen LogP) is 2.98. The number of carbonyl (C=O) groups excluding carboxylic acids is 3. The Balaban J connectivity index is 1.57. The van der Waals surface area contributed by atoms with Gasteiger partial charge in [0.25, 0.3) is 11.8 Å². The second-order valence-corrected chi connectivity index (χ2v) is 9.05. The number of nitrogens with two attached hydrogens (primary N) is 1. The van der Waals surface area contributed by atoms with Crippen LogP contribution < -0.4 is 10.6 Å². The number of aromatic nitrogens is 3. The van der Waals surface area contributed by atoms with E-state index in [0.29, 0.717) is 31.1 Å². The quantitative estimate of drug-likeness (QED) is 0.319. The number of ketones is 1. The van der Waals surface area contributed by atoms with Crippen molar-refractivity contribution in [1.82, 2.24) is 19.0 Å². The van der Waals surface area contributed by atoms with E-state index in [1.807, 2.05) is 31.2 Å². The highest BCUT2D eigenvalue weighted by molar-refractivity contribution is 6.40. The molecule has 3 aromatic rings. The lowest BCUT2D eigenvalue weighted by molar-refractivity contribution is -0.138. The van der Waals surface area contributed by atoms with Crippen LogP contribution in [0.3, 0.4) is 0 Å². The molecule has 2 aromatic heterocycles. The summed E-state index contributed by atoms with van der Waals surface area (Å²) >= 11 is 6.34. The van der Waals surface area contributed by atoms with Crippen molar-refractivity contribution >= 4 is 35.1 Å². The molecule has 1 unspecified atom stereocenters. The summed E-state index contributed by atoms with van der Waals surface area (Å²) in [6, 6.07) is 10.1. The second-order valence-electron chi connectivity index (χ2n) is 8.69. The first kappa shape index (κ1) is 26.3. The van der Waals surface area contributed by atoms with Gasteiger partial charge in [-0.1, -0.05) is 31.9 Å². The Labute approximate surface area is 220 Å². The first-order chi connectivity index (χ1) is 17.9. The highest BCUT2D eigenvalue weighted by Crippen LogP contribution is 2.25. The average Bonchev–Trinajstić information content (AvgIpc) is 3.43. The van der Waals surface area contributed by atoms with Crippen LogP contribution in [0.25, 0.3) is 17.1 Å². The maximum atomic E-state index is 13.3. The molecule has 2 N–H and O–H groups in total. The molecule has 1 atom stereocenters. The molecule has 2 amide bonds. The molecule has 37 heavy (non-hydrogen) atoms. The van der Waals surface area contributed by atoms with Crippen molar-refractivity contribution in [3.05, 3.63) is 60.7 Å². The van der Waals surface area contributed by atoms with Crippen molar-refractivity contribution < 1.29 is 19.1 Å². The molecule has 3 heterocycles. The van der Waals surface area contributed by atoms with Crippen LogP contribution in [0.15, 0.2) is 55.1 Å². The molecular formula is C26H29ClN6O4. The molecule has 194 valence electrons. The normalized spacial score (nSPS) is 14.3. The molecule has 11 heteroatoms. The van der Waals surface area contributed by atoms with Gasteiger partial charge in [0.2, 0.25) is 5.78 Å². The zero-order chi connectivity index (χ0) is 26.4. The standard InChI is InChI=1S/C26H29ClN6O4/c1-2-3-6-22(23(34)24(28)35)33(27)26(36)20-5-4-11-29-25(20)32-16-21(30-17-32)18-7-9-19(10-8-18)31-12-14-37-15-13-31/h4-5,7-11,16-17,22H,2-3,6,12-15H2,1H3,(H2,28,35). The van der Waals surface area contributed by atoms with Gasteiger partial charge < -0.3 is 15.4 Å². The number of Topliss-reactive ketones (excluding diaryl/α,β-unsaturated/α-hetero) is 1. The van der Waals surface area contributed by atoms with Crippen LogP contribution in [-0.4, -0.2) is 68.9 Å². The van der Waals surface area contributed by atoms with Crippen molar-refractivity contribution in [2.45, 2.75) is 32.2 Å². The summed E-state index contributed by atoms with van der Waals surface area (Å²) in [7, 11) is 0. The van der Waals surface area contributed by atoms with Gasteiger partial charge >= 0.3 is 0 Å². The van der Waals surface area contributed by atoms with Crippen LogP contribution in [0.4, 0.5) is 5.69 Å². The third kappa shape index (κ3) is 5.98. The summed E-state index contributed by atoms with van der Waals surface area (Å²) < 4.78 is 7.80. The van der Waals surface area contributed by atoms with Crippen LogP contribution in [-0.2, 0) is 14.3 Å². The van der Waals surface area contributed by atoms with Crippen LogP contribution in [0, 0.1) is 0 Å². The highest BCUT2D eigenvalue weighted by atomic mass is 35.5. The summed E-state index contributed by atoms with van der Waals surface area (Å²) in [6.45, 7) is 5.07. The summed E-state index contributed by atoms with van der Waals surface area (Å²) in [6.07, 6.45) is 6.44. The number of pyridine rings is 1. The van der Waals surface area contributed by atoms with Gasteiger partial charge in [-0.2, -0.15) is 0 Å². The molecule has 1 saturated heterocycles. The fraction of sp³-hybridized carbons (Fsp3) is 0.346. The van der Waals surface area contributed by atoms with E-state index in [-0.39, 0.29) is 12.0 Å². The highest BCUT2D eigenvalue weighted by Gasteiger charge is 2.33. The van der Waals surface area contributed by atoms with Gasteiger partial charge in [0.1, 0.15) is 12.4 Å². The average molecular weight is 525 g/mol.